The molecule has 0 aliphatic carbocycles. The number of nitrogens with zero attached hydrogens (tertiary/aromatic N) is 5. The summed E-state index contributed by atoms with van der Waals surface area (Å²) in [7, 11) is 2.15. The Balaban J connectivity index is 0.000000203. The third-order valence-electron chi connectivity index (χ3n) is 3.73. The van der Waals surface area contributed by atoms with Crippen LogP contribution in [0.15, 0.2) is 42.7 Å². The van der Waals surface area contributed by atoms with Crippen LogP contribution in [-0.2, 0) is 0 Å². The van der Waals surface area contributed by atoms with Gasteiger partial charge in [0, 0.05) is 31.7 Å². The second-order valence-corrected chi connectivity index (χ2v) is 5.61. The molecule has 7 heteroatoms. The largest absolute Gasteiger partial charge is 0.368 e. The molecular weight excluding hydrogens is 302 g/mol. The van der Waals surface area contributed by atoms with Gasteiger partial charge in [0.25, 0.3) is 0 Å². The van der Waals surface area contributed by atoms with Gasteiger partial charge in [-0.3, -0.25) is 0 Å². The lowest BCUT2D eigenvalue weighted by molar-refractivity contribution is 0.291. The lowest BCUT2D eigenvalue weighted by atomic mass is 10.2. The predicted molar refractivity (Wildman–Crippen MR) is 95.3 cm³/mol. The van der Waals surface area contributed by atoms with Gasteiger partial charge in [0.1, 0.15) is 5.52 Å². The summed E-state index contributed by atoms with van der Waals surface area (Å²) in [5.41, 5.74) is 8.44. The average molecular weight is 323 g/mol. The van der Waals surface area contributed by atoms with Crippen molar-refractivity contribution in [2.45, 2.75) is 0 Å². The fraction of sp³-hybridized carbons (Fsp3) is 0.294. The third kappa shape index (κ3) is 4.21. The van der Waals surface area contributed by atoms with Crippen LogP contribution in [0.1, 0.15) is 0 Å². The zero-order chi connectivity index (χ0) is 16.8. The molecule has 1 aromatic carbocycles. The van der Waals surface area contributed by atoms with Gasteiger partial charge in [0.2, 0.25) is 5.95 Å². The van der Waals surface area contributed by atoms with Crippen LogP contribution in [0.3, 0.4) is 0 Å². The summed E-state index contributed by atoms with van der Waals surface area (Å²) < 4.78 is 0. The van der Waals surface area contributed by atoms with Crippen LogP contribution in [0, 0.1) is 0 Å². The van der Waals surface area contributed by atoms with Crippen molar-refractivity contribution >= 4 is 17.1 Å². The number of anilines is 1. The van der Waals surface area contributed by atoms with Crippen LogP contribution < -0.4 is 11.1 Å². The van der Waals surface area contributed by atoms with E-state index in [-0.39, 0.29) is 5.95 Å². The van der Waals surface area contributed by atoms with E-state index in [1.807, 2.05) is 30.3 Å². The number of piperazine rings is 1. The molecule has 1 saturated heterocycles. The molecule has 0 unspecified atom stereocenters. The number of fused-ring (bicyclic) bond motifs is 1. The van der Waals surface area contributed by atoms with Gasteiger partial charge in [-0.15, -0.1) is 0 Å². The molecule has 2 aromatic heterocycles. The van der Waals surface area contributed by atoms with Crippen LogP contribution in [0.25, 0.3) is 22.4 Å². The predicted octanol–water partition coefficient (Wildman–Crippen LogP) is 1.19. The van der Waals surface area contributed by atoms with Gasteiger partial charge in [-0.25, -0.2) is 15.0 Å². The third-order valence-corrected chi connectivity index (χ3v) is 3.73. The number of nitrogens with two attached hydrogens (primary N) is 1. The number of benzene rings is 1. The molecule has 0 spiro atoms. The summed E-state index contributed by atoms with van der Waals surface area (Å²) in [5, 5.41) is 3.27. The van der Waals surface area contributed by atoms with Gasteiger partial charge < -0.3 is 16.0 Å². The lowest BCUT2D eigenvalue weighted by Crippen LogP contribution is -2.40. The molecule has 0 atom stereocenters. The van der Waals surface area contributed by atoms with E-state index in [4.69, 9.17) is 5.73 Å². The molecule has 3 heterocycles. The fourth-order valence-corrected chi connectivity index (χ4v) is 2.36. The van der Waals surface area contributed by atoms with Crippen LogP contribution in [0.5, 0.6) is 0 Å². The minimum Gasteiger partial charge on any atom is -0.368 e. The monoisotopic (exact) mass is 323 g/mol. The van der Waals surface area contributed by atoms with Crippen molar-refractivity contribution in [1.29, 1.82) is 0 Å². The Morgan fingerprint density at radius 3 is 2.42 bits per heavy atom. The molecule has 0 saturated carbocycles. The Bertz CT molecular complexity index is 785. The molecule has 0 radical (unpaired) electrons. The Hall–Kier alpha value is -2.64. The molecule has 24 heavy (non-hydrogen) atoms. The maximum absolute atomic E-state index is 5.48. The van der Waals surface area contributed by atoms with Crippen molar-refractivity contribution in [3.8, 4) is 11.3 Å². The maximum atomic E-state index is 5.48. The summed E-state index contributed by atoms with van der Waals surface area (Å²) in [4.78, 5) is 18.9. The van der Waals surface area contributed by atoms with Crippen molar-refractivity contribution in [2.24, 2.45) is 0 Å². The van der Waals surface area contributed by atoms with E-state index in [9.17, 15) is 0 Å². The van der Waals surface area contributed by atoms with Crippen LogP contribution in [0.4, 0.5) is 5.95 Å². The van der Waals surface area contributed by atoms with E-state index in [1.54, 1.807) is 12.4 Å². The second kappa shape index (κ2) is 7.76. The number of nitrogen functional groups attached to an aromatic ring is 1. The van der Waals surface area contributed by atoms with Crippen molar-refractivity contribution in [3.05, 3.63) is 42.7 Å². The fourth-order valence-electron chi connectivity index (χ4n) is 2.36. The van der Waals surface area contributed by atoms with Gasteiger partial charge in [0.15, 0.2) is 5.65 Å². The maximum Gasteiger partial charge on any atom is 0.222 e. The van der Waals surface area contributed by atoms with Crippen LogP contribution in [0.2, 0.25) is 0 Å². The summed E-state index contributed by atoms with van der Waals surface area (Å²) >= 11 is 0. The summed E-state index contributed by atoms with van der Waals surface area (Å²) in [6.45, 7) is 4.74. The first-order valence-corrected chi connectivity index (χ1v) is 7.92. The number of likely N-dealkylation sites (N-methyl/N-ethyl adjacent to an activating group) is 1. The highest BCUT2D eigenvalue weighted by Gasteiger charge is 2.04. The Morgan fingerprint density at radius 2 is 1.75 bits per heavy atom. The topological polar surface area (TPSA) is 92.8 Å². The molecule has 4 rings (SSSR count). The van der Waals surface area contributed by atoms with Crippen molar-refractivity contribution in [3.63, 3.8) is 0 Å². The van der Waals surface area contributed by atoms with Gasteiger partial charge >= 0.3 is 0 Å². The highest BCUT2D eigenvalue weighted by molar-refractivity contribution is 5.73. The molecule has 3 aromatic rings. The lowest BCUT2D eigenvalue weighted by Gasteiger charge is -2.21. The highest BCUT2D eigenvalue weighted by atomic mass is 15.2. The molecule has 0 amide bonds. The molecule has 1 fully saturated rings. The minimum atomic E-state index is 0.208. The van der Waals surface area contributed by atoms with E-state index >= 15 is 0 Å². The zero-order valence-corrected chi connectivity index (χ0v) is 13.7. The van der Waals surface area contributed by atoms with Crippen molar-refractivity contribution in [2.75, 3.05) is 39.0 Å². The van der Waals surface area contributed by atoms with E-state index in [2.05, 4.69) is 37.2 Å². The van der Waals surface area contributed by atoms with Crippen LogP contribution >= 0.6 is 0 Å². The van der Waals surface area contributed by atoms with Crippen LogP contribution in [-0.4, -0.2) is 58.1 Å². The molecule has 124 valence electrons. The number of hydrogen-bond acceptors (Lipinski definition) is 7. The van der Waals surface area contributed by atoms with E-state index in [1.165, 1.54) is 13.1 Å². The first-order valence-electron chi connectivity index (χ1n) is 7.92. The van der Waals surface area contributed by atoms with E-state index < -0.39 is 0 Å². The van der Waals surface area contributed by atoms with E-state index in [0.29, 0.717) is 11.2 Å². The number of aromatic nitrogens is 4. The van der Waals surface area contributed by atoms with Gasteiger partial charge in [-0.05, 0) is 7.05 Å². The highest BCUT2D eigenvalue weighted by Crippen LogP contribution is 2.17. The zero-order valence-electron chi connectivity index (χ0n) is 13.7. The standard InChI is InChI=1S/C12H9N5.C5H12N2/c13-12-15-7-10-11(17-12)14-6-9(16-10)8-4-2-1-3-5-8;1-7-4-2-6-3-5-7/h1-7H,(H2,13,14,15,17);6H,2-5H2,1H3. The van der Waals surface area contributed by atoms with Gasteiger partial charge in [-0.1, -0.05) is 30.3 Å². The van der Waals surface area contributed by atoms with E-state index in [0.717, 1.165) is 24.3 Å². The molecule has 3 N–H and O–H groups in total. The smallest absolute Gasteiger partial charge is 0.222 e. The SMILES string of the molecule is CN1CCNCC1.Nc1ncc2nc(-c3ccccc3)cnc2n1. The first-order chi connectivity index (χ1) is 11.7. The molecule has 1 aliphatic heterocycles. The normalized spacial score (nSPS) is 14.9. The first kappa shape index (κ1) is 16.2. The van der Waals surface area contributed by atoms with Crippen molar-refractivity contribution < 1.29 is 0 Å². The Morgan fingerprint density at radius 1 is 1.00 bits per heavy atom. The van der Waals surface area contributed by atoms with Crippen molar-refractivity contribution in [1.82, 2.24) is 30.2 Å². The summed E-state index contributed by atoms with van der Waals surface area (Å²) in [6.07, 6.45) is 3.27. The Kier molecular flexibility index (Phi) is 5.25. The Labute approximate surface area is 141 Å². The molecule has 1 aliphatic rings. The summed E-state index contributed by atoms with van der Waals surface area (Å²) in [6, 6.07) is 9.84. The van der Waals surface area contributed by atoms with Gasteiger partial charge in [0.05, 0.1) is 18.1 Å². The molecule has 0 bridgehead atoms. The molecule has 7 nitrogen and oxygen atoms in total. The number of rotatable bonds is 1. The minimum absolute atomic E-state index is 0.208. The van der Waals surface area contributed by atoms with Gasteiger partial charge in [-0.2, -0.15) is 4.98 Å². The number of hydrogen-bond donors (Lipinski definition) is 2. The summed E-state index contributed by atoms with van der Waals surface area (Å²) in [5.74, 6) is 0.208. The number of nitrogens with one attached hydrogen (secondary N) is 1. The second-order valence-electron chi connectivity index (χ2n) is 5.61. The average Bonchev–Trinajstić information content (AvgIpc) is 2.63. The molecular formula is C17H21N7. The quantitative estimate of drug-likeness (QED) is 0.695.